The summed E-state index contributed by atoms with van der Waals surface area (Å²) in [6.07, 6.45) is 1.65. The standard InChI is InChI=1S/C57H58N3O.Pt/c1-35-21-23-38(24-22-35)40-25-26-58-50(31-40)42-28-41(29-43(30-42)55(4,5)6)46-19-16-20-51-52(46)59-54(48-32-44(56(7,8)9)33-49(53(48)61)57(10,11)12)60(51)45-27-36(2)37(3)47(34-45)39-17-14-13-15-18-39;/h13-27,29-34,61H,1-12H3;/q-1;/i21D,22D,23D,24D;. The van der Waals surface area contributed by atoms with Gasteiger partial charge in [-0.1, -0.05) is 158 Å². The van der Waals surface area contributed by atoms with E-state index in [0.29, 0.717) is 28.2 Å². The fourth-order valence-electron chi connectivity index (χ4n) is 7.99. The fraction of sp³-hybridized carbons (Fsp3) is 0.263. The molecule has 4 nitrogen and oxygen atoms in total. The van der Waals surface area contributed by atoms with E-state index in [4.69, 9.17) is 15.5 Å². The molecule has 2 aromatic heterocycles. The van der Waals surface area contributed by atoms with Gasteiger partial charge < -0.3 is 5.11 Å². The van der Waals surface area contributed by atoms with Crippen molar-refractivity contribution in [1.82, 2.24) is 14.5 Å². The fourth-order valence-corrected chi connectivity index (χ4v) is 7.99. The number of para-hydroxylation sites is 1. The van der Waals surface area contributed by atoms with Crippen molar-refractivity contribution in [3.63, 3.8) is 0 Å². The van der Waals surface area contributed by atoms with E-state index < -0.39 is 0 Å². The number of phenols is 1. The normalized spacial score (nSPS) is 13.0. The number of aromatic hydroxyl groups is 1. The maximum Gasteiger partial charge on any atom is 0.148 e. The van der Waals surface area contributed by atoms with Crippen LogP contribution in [-0.4, -0.2) is 19.6 Å². The number of aromatic nitrogens is 3. The summed E-state index contributed by atoms with van der Waals surface area (Å²) in [5.41, 5.74) is 14.0. The Bertz CT molecular complexity index is 3160. The van der Waals surface area contributed by atoms with Gasteiger partial charge >= 0.3 is 0 Å². The smallest absolute Gasteiger partial charge is 0.148 e. The van der Waals surface area contributed by atoms with Crippen LogP contribution in [0, 0.1) is 26.8 Å². The number of pyridine rings is 1. The molecule has 1 N–H and O–H groups in total. The van der Waals surface area contributed by atoms with Gasteiger partial charge in [0.15, 0.2) is 0 Å². The number of aryl methyl sites for hydroxylation is 1. The van der Waals surface area contributed by atoms with Crippen LogP contribution >= 0.6 is 0 Å². The van der Waals surface area contributed by atoms with Crippen LogP contribution in [0.5, 0.6) is 5.75 Å². The number of hydrogen-bond donors (Lipinski definition) is 1. The van der Waals surface area contributed by atoms with Crippen LogP contribution in [0.1, 0.15) is 101 Å². The summed E-state index contributed by atoms with van der Waals surface area (Å²) in [7, 11) is 0. The molecule has 0 fully saturated rings. The minimum Gasteiger partial charge on any atom is -0.507 e. The predicted octanol–water partition coefficient (Wildman–Crippen LogP) is 15.1. The average Bonchev–Trinajstić information content (AvgIpc) is 3.65. The van der Waals surface area contributed by atoms with Crippen LogP contribution in [0.4, 0.5) is 0 Å². The molecule has 0 radical (unpaired) electrons. The number of hydrogen-bond acceptors (Lipinski definition) is 3. The van der Waals surface area contributed by atoms with Crippen LogP contribution in [0.15, 0.2) is 127 Å². The molecule has 0 aliphatic carbocycles. The van der Waals surface area contributed by atoms with Crippen molar-refractivity contribution in [1.29, 1.82) is 0 Å². The van der Waals surface area contributed by atoms with Gasteiger partial charge in [0.25, 0.3) is 0 Å². The van der Waals surface area contributed by atoms with Crippen molar-refractivity contribution in [3.05, 3.63) is 167 Å². The van der Waals surface area contributed by atoms with Crippen LogP contribution in [0.2, 0.25) is 0 Å². The van der Waals surface area contributed by atoms with Gasteiger partial charge in [-0.3, -0.25) is 9.55 Å². The molecule has 0 amide bonds. The molecular weight excluding hydrogens is 938 g/mol. The Labute approximate surface area is 389 Å². The van der Waals surface area contributed by atoms with E-state index in [9.17, 15) is 5.11 Å². The first kappa shape index (κ1) is 39.3. The molecule has 5 heteroatoms. The molecule has 0 aliphatic rings. The Morgan fingerprint density at radius 1 is 0.613 bits per heavy atom. The van der Waals surface area contributed by atoms with Crippen molar-refractivity contribution < 1.29 is 31.7 Å². The largest absolute Gasteiger partial charge is 0.507 e. The van der Waals surface area contributed by atoms with Gasteiger partial charge in [-0.15, -0.1) is 29.3 Å². The minimum absolute atomic E-state index is 0. The molecule has 0 saturated heterocycles. The maximum absolute atomic E-state index is 12.4. The summed E-state index contributed by atoms with van der Waals surface area (Å²) >= 11 is 0. The maximum atomic E-state index is 12.4. The third-order valence-electron chi connectivity index (χ3n) is 11.8. The summed E-state index contributed by atoms with van der Waals surface area (Å²) < 4.78 is 36.8. The summed E-state index contributed by atoms with van der Waals surface area (Å²) in [5.74, 6) is 0.837. The molecule has 0 saturated carbocycles. The van der Waals surface area contributed by atoms with E-state index in [1.54, 1.807) is 19.2 Å². The topological polar surface area (TPSA) is 50.9 Å². The monoisotopic (exact) mass is 999 g/mol. The third kappa shape index (κ3) is 8.60. The number of imidazole rings is 1. The summed E-state index contributed by atoms with van der Waals surface area (Å²) in [6, 6.07) is 36.6. The van der Waals surface area contributed by atoms with Crippen LogP contribution < -0.4 is 0 Å². The zero-order chi connectivity index (χ0) is 47.1. The van der Waals surface area contributed by atoms with Gasteiger partial charge in [0, 0.05) is 44.2 Å². The Balaban J connectivity index is 0.00000648. The first-order valence-corrected chi connectivity index (χ1v) is 21.1. The summed E-state index contributed by atoms with van der Waals surface area (Å²) in [6.45, 7) is 25.4. The van der Waals surface area contributed by atoms with E-state index in [0.717, 1.165) is 66.8 Å². The van der Waals surface area contributed by atoms with Crippen LogP contribution in [0.25, 0.3) is 72.7 Å². The van der Waals surface area contributed by atoms with E-state index in [2.05, 4.69) is 166 Å². The van der Waals surface area contributed by atoms with Gasteiger partial charge in [0.1, 0.15) is 11.6 Å². The van der Waals surface area contributed by atoms with Crippen molar-refractivity contribution in [2.45, 2.75) is 99.3 Å². The van der Waals surface area contributed by atoms with Gasteiger partial charge in [-0.25, -0.2) is 4.98 Å². The quantitative estimate of drug-likeness (QED) is 0.169. The van der Waals surface area contributed by atoms with Crippen molar-refractivity contribution >= 4 is 11.0 Å². The molecule has 6 aromatic carbocycles. The molecule has 62 heavy (non-hydrogen) atoms. The number of phenolic OH excluding ortho intramolecular Hbond substituents is 1. The van der Waals surface area contributed by atoms with Gasteiger partial charge in [0.2, 0.25) is 0 Å². The predicted molar refractivity (Wildman–Crippen MR) is 257 cm³/mol. The Kier molecular flexibility index (Phi) is 10.5. The van der Waals surface area contributed by atoms with Crippen molar-refractivity contribution in [2.24, 2.45) is 0 Å². The Morgan fingerprint density at radius 2 is 1.27 bits per heavy atom. The second kappa shape index (κ2) is 16.6. The second-order valence-corrected chi connectivity index (χ2v) is 19.5. The van der Waals surface area contributed by atoms with Crippen molar-refractivity contribution in [3.8, 4) is 67.5 Å². The summed E-state index contributed by atoms with van der Waals surface area (Å²) in [4.78, 5) is 10.4. The number of nitrogens with zero attached hydrogens (tertiary/aromatic N) is 3. The average molecular weight is 1000 g/mol. The molecule has 0 bridgehead atoms. The van der Waals surface area contributed by atoms with Gasteiger partial charge in [-0.2, -0.15) is 0 Å². The Morgan fingerprint density at radius 3 is 1.94 bits per heavy atom. The van der Waals surface area contributed by atoms with Crippen LogP contribution in [0.3, 0.4) is 0 Å². The third-order valence-corrected chi connectivity index (χ3v) is 11.8. The van der Waals surface area contributed by atoms with E-state index in [1.807, 2.05) is 12.1 Å². The van der Waals surface area contributed by atoms with Crippen LogP contribution in [-0.2, 0) is 37.3 Å². The first-order chi connectivity index (χ1) is 30.4. The zero-order valence-electron chi connectivity index (χ0n) is 41.9. The first-order valence-electron chi connectivity index (χ1n) is 23.1. The van der Waals surface area contributed by atoms with E-state index in [-0.39, 0.29) is 72.8 Å². The molecular formula is C57H58N3OPt-. The molecule has 2 heterocycles. The van der Waals surface area contributed by atoms with Gasteiger partial charge in [0.05, 0.1) is 22.1 Å². The second-order valence-electron chi connectivity index (χ2n) is 19.5. The molecule has 0 unspecified atom stereocenters. The zero-order valence-corrected chi connectivity index (χ0v) is 40.2. The Hall–Kier alpha value is -5.57. The molecule has 8 aromatic rings. The van der Waals surface area contributed by atoms with E-state index >= 15 is 0 Å². The summed E-state index contributed by atoms with van der Waals surface area (Å²) in [5, 5.41) is 12.4. The molecule has 8 rings (SSSR count). The molecule has 318 valence electrons. The number of fused-ring (bicyclic) bond motifs is 1. The molecule has 0 spiro atoms. The number of rotatable bonds is 6. The SMILES string of the molecule is [2H]c1c([2H])c(-c2ccnc(-c3[c-]c(-c4cccc5c4nc(-c4cc(C(C)(C)C)cc(C(C)(C)C)c4O)n5-c4cc(C)c(C)c(-c5ccccc5)c4)cc(C(C)(C)C)c3)c2)c([2H])c([2H])c1C.[Pt]. The number of benzene rings is 6. The molecule has 0 atom stereocenters. The van der Waals surface area contributed by atoms with E-state index in [1.165, 1.54) is 5.56 Å². The molecule has 0 aliphatic heterocycles. The van der Waals surface area contributed by atoms with Gasteiger partial charge in [-0.05, 0) is 106 Å². The van der Waals surface area contributed by atoms with Crippen molar-refractivity contribution in [2.75, 3.05) is 0 Å². The minimum atomic E-state index is -0.357.